The Bertz CT molecular complexity index is 720. The lowest BCUT2D eigenvalue weighted by Gasteiger charge is -2.08. The van der Waals surface area contributed by atoms with Gasteiger partial charge in [-0.15, -0.1) is 0 Å². The van der Waals surface area contributed by atoms with Crippen LogP contribution < -0.4 is 10.1 Å². The number of rotatable bonds is 6. The van der Waals surface area contributed by atoms with Crippen LogP contribution in [-0.2, 0) is 16.1 Å². The Balaban J connectivity index is 1.83. The van der Waals surface area contributed by atoms with Crippen LogP contribution in [0.3, 0.4) is 0 Å². The summed E-state index contributed by atoms with van der Waals surface area (Å²) in [6.45, 7) is 3.85. The van der Waals surface area contributed by atoms with Gasteiger partial charge in [0, 0.05) is 6.54 Å². The fraction of sp³-hybridized carbons (Fsp3) is 0.263. The highest BCUT2D eigenvalue weighted by Crippen LogP contribution is 2.12. The molecule has 0 atom stereocenters. The molecule has 0 spiro atoms. The number of ether oxygens (including phenoxy) is 2. The Morgan fingerprint density at radius 1 is 1.04 bits per heavy atom. The number of benzene rings is 2. The maximum Gasteiger partial charge on any atom is 0.338 e. The van der Waals surface area contributed by atoms with Crippen LogP contribution in [0.1, 0.15) is 27.0 Å². The minimum absolute atomic E-state index is 0.310. The van der Waals surface area contributed by atoms with E-state index in [-0.39, 0.29) is 12.5 Å². The molecule has 0 saturated carbocycles. The maximum absolute atomic E-state index is 12.0. The van der Waals surface area contributed by atoms with Gasteiger partial charge in [-0.05, 0) is 43.7 Å². The molecular weight excluding hydrogens is 306 g/mol. The summed E-state index contributed by atoms with van der Waals surface area (Å²) in [6.07, 6.45) is 0. The zero-order chi connectivity index (χ0) is 17.5. The summed E-state index contributed by atoms with van der Waals surface area (Å²) in [4.78, 5) is 23.8. The fourth-order valence-electron chi connectivity index (χ4n) is 2.34. The molecule has 0 aliphatic carbocycles. The first-order valence-electron chi connectivity index (χ1n) is 7.63. The van der Waals surface area contributed by atoms with Gasteiger partial charge < -0.3 is 14.8 Å². The van der Waals surface area contributed by atoms with Crippen LogP contribution in [0.15, 0.2) is 42.5 Å². The van der Waals surface area contributed by atoms with E-state index in [0.29, 0.717) is 12.1 Å². The van der Waals surface area contributed by atoms with E-state index in [9.17, 15) is 9.59 Å². The van der Waals surface area contributed by atoms with Crippen molar-refractivity contribution in [2.45, 2.75) is 20.4 Å². The third-order valence-electron chi connectivity index (χ3n) is 3.42. The summed E-state index contributed by atoms with van der Waals surface area (Å²) < 4.78 is 10.2. The molecule has 0 unspecified atom stereocenters. The van der Waals surface area contributed by atoms with E-state index < -0.39 is 5.97 Å². The van der Waals surface area contributed by atoms with Gasteiger partial charge in [-0.25, -0.2) is 4.79 Å². The first kappa shape index (κ1) is 17.5. The molecule has 126 valence electrons. The standard InChI is InChI=1S/C19H21NO4/c1-13-7-14(2)9-16(8-13)19(22)24-12-18(21)20-11-15-5-4-6-17(10-15)23-3/h4-10H,11-12H2,1-3H3,(H,20,21). The van der Waals surface area contributed by atoms with E-state index in [2.05, 4.69) is 5.32 Å². The predicted molar refractivity (Wildman–Crippen MR) is 91.0 cm³/mol. The summed E-state index contributed by atoms with van der Waals surface area (Å²) in [5.74, 6) is -0.128. The van der Waals surface area contributed by atoms with Gasteiger partial charge in [0.25, 0.3) is 5.91 Å². The Morgan fingerprint density at radius 3 is 2.42 bits per heavy atom. The number of hydrogen-bond acceptors (Lipinski definition) is 4. The second kappa shape index (κ2) is 8.15. The van der Waals surface area contributed by atoms with Gasteiger partial charge >= 0.3 is 5.97 Å². The molecule has 1 amide bonds. The highest BCUT2D eigenvalue weighted by Gasteiger charge is 2.11. The SMILES string of the molecule is COc1cccc(CNC(=O)COC(=O)c2cc(C)cc(C)c2)c1. The molecule has 0 aliphatic rings. The monoisotopic (exact) mass is 327 g/mol. The van der Waals surface area contributed by atoms with E-state index in [0.717, 1.165) is 22.4 Å². The van der Waals surface area contributed by atoms with E-state index in [1.54, 1.807) is 19.2 Å². The number of nitrogens with one attached hydrogen (secondary N) is 1. The zero-order valence-corrected chi connectivity index (χ0v) is 14.1. The molecule has 0 heterocycles. The molecular formula is C19H21NO4. The third kappa shape index (κ3) is 5.12. The van der Waals surface area contributed by atoms with Crippen LogP contribution in [0.4, 0.5) is 0 Å². The van der Waals surface area contributed by atoms with Crippen molar-refractivity contribution >= 4 is 11.9 Å². The number of methoxy groups -OCH3 is 1. The smallest absolute Gasteiger partial charge is 0.338 e. The van der Waals surface area contributed by atoms with Crippen LogP contribution >= 0.6 is 0 Å². The van der Waals surface area contributed by atoms with Gasteiger partial charge in [0.15, 0.2) is 6.61 Å². The lowest BCUT2D eigenvalue weighted by atomic mass is 10.1. The number of esters is 1. The molecule has 0 fully saturated rings. The molecule has 2 aromatic rings. The van der Waals surface area contributed by atoms with E-state index in [1.165, 1.54) is 0 Å². The van der Waals surface area contributed by atoms with Gasteiger partial charge in [0.2, 0.25) is 0 Å². The third-order valence-corrected chi connectivity index (χ3v) is 3.42. The van der Waals surface area contributed by atoms with Gasteiger partial charge in [0.1, 0.15) is 5.75 Å². The molecule has 0 radical (unpaired) electrons. The predicted octanol–water partition coefficient (Wildman–Crippen LogP) is 2.79. The molecule has 24 heavy (non-hydrogen) atoms. The van der Waals surface area contributed by atoms with Crippen molar-refractivity contribution in [1.29, 1.82) is 0 Å². The maximum atomic E-state index is 12.0. The van der Waals surface area contributed by atoms with E-state index in [4.69, 9.17) is 9.47 Å². The summed E-state index contributed by atoms with van der Waals surface area (Å²) in [7, 11) is 1.59. The molecule has 5 heteroatoms. The van der Waals surface area contributed by atoms with Crippen molar-refractivity contribution < 1.29 is 19.1 Å². The number of carbonyl (C=O) groups is 2. The van der Waals surface area contributed by atoms with Crippen LogP contribution in [0.2, 0.25) is 0 Å². The summed E-state index contributed by atoms with van der Waals surface area (Å²) in [6, 6.07) is 12.8. The summed E-state index contributed by atoms with van der Waals surface area (Å²) in [5, 5.41) is 2.71. The average molecular weight is 327 g/mol. The second-order valence-corrected chi connectivity index (χ2v) is 5.58. The van der Waals surface area contributed by atoms with Crippen LogP contribution in [0.5, 0.6) is 5.75 Å². The van der Waals surface area contributed by atoms with Crippen LogP contribution in [-0.4, -0.2) is 25.6 Å². The average Bonchev–Trinajstić information content (AvgIpc) is 2.57. The van der Waals surface area contributed by atoms with Gasteiger partial charge in [-0.2, -0.15) is 0 Å². The molecule has 0 aromatic heterocycles. The van der Waals surface area contributed by atoms with Crippen LogP contribution in [0, 0.1) is 13.8 Å². The zero-order valence-electron chi connectivity index (χ0n) is 14.1. The normalized spacial score (nSPS) is 10.1. The van der Waals surface area contributed by atoms with Crippen molar-refractivity contribution in [1.82, 2.24) is 5.32 Å². The molecule has 1 N–H and O–H groups in total. The van der Waals surface area contributed by atoms with Crippen molar-refractivity contribution in [2.75, 3.05) is 13.7 Å². The molecule has 0 aliphatic heterocycles. The number of carbonyl (C=O) groups excluding carboxylic acids is 2. The Morgan fingerprint density at radius 2 is 1.75 bits per heavy atom. The van der Waals surface area contributed by atoms with E-state index in [1.807, 2.05) is 44.2 Å². The van der Waals surface area contributed by atoms with Gasteiger partial charge in [-0.3, -0.25) is 4.79 Å². The van der Waals surface area contributed by atoms with Crippen molar-refractivity contribution in [3.63, 3.8) is 0 Å². The van der Waals surface area contributed by atoms with Crippen molar-refractivity contribution in [3.8, 4) is 5.75 Å². The van der Waals surface area contributed by atoms with Crippen molar-refractivity contribution in [3.05, 3.63) is 64.7 Å². The fourth-order valence-corrected chi connectivity index (χ4v) is 2.34. The quantitative estimate of drug-likeness (QED) is 0.829. The lowest BCUT2D eigenvalue weighted by molar-refractivity contribution is -0.124. The lowest BCUT2D eigenvalue weighted by Crippen LogP contribution is -2.28. The largest absolute Gasteiger partial charge is 0.497 e. The topological polar surface area (TPSA) is 64.6 Å². The second-order valence-electron chi connectivity index (χ2n) is 5.58. The molecule has 0 saturated heterocycles. The highest BCUT2D eigenvalue weighted by atomic mass is 16.5. The number of hydrogen-bond donors (Lipinski definition) is 1. The van der Waals surface area contributed by atoms with Crippen molar-refractivity contribution in [2.24, 2.45) is 0 Å². The molecule has 2 rings (SSSR count). The minimum Gasteiger partial charge on any atom is -0.497 e. The minimum atomic E-state index is -0.502. The highest BCUT2D eigenvalue weighted by molar-refractivity contribution is 5.91. The van der Waals surface area contributed by atoms with Gasteiger partial charge in [-0.1, -0.05) is 29.3 Å². The molecule has 5 nitrogen and oxygen atoms in total. The number of amides is 1. The Hall–Kier alpha value is -2.82. The van der Waals surface area contributed by atoms with E-state index >= 15 is 0 Å². The summed E-state index contributed by atoms with van der Waals surface area (Å²) >= 11 is 0. The first-order chi connectivity index (χ1) is 11.5. The Labute approximate surface area is 141 Å². The summed E-state index contributed by atoms with van der Waals surface area (Å²) in [5.41, 5.74) is 3.31. The molecule has 0 bridgehead atoms. The Kier molecular flexibility index (Phi) is 5.95. The number of aryl methyl sites for hydroxylation is 2. The van der Waals surface area contributed by atoms with Crippen LogP contribution in [0.25, 0.3) is 0 Å². The molecule has 2 aromatic carbocycles. The first-order valence-corrected chi connectivity index (χ1v) is 7.63. The van der Waals surface area contributed by atoms with Gasteiger partial charge in [0.05, 0.1) is 12.7 Å².